The van der Waals surface area contributed by atoms with Gasteiger partial charge in [-0.3, -0.25) is 0 Å². The Bertz CT molecular complexity index is 443. The van der Waals surface area contributed by atoms with E-state index in [0.29, 0.717) is 5.92 Å². The highest BCUT2D eigenvalue weighted by atomic mass is 32.1. The van der Waals surface area contributed by atoms with Crippen molar-refractivity contribution in [1.82, 2.24) is 10.3 Å². The largest absolute Gasteiger partial charge is 0.348 e. The molecule has 1 heterocycles. The summed E-state index contributed by atoms with van der Waals surface area (Å²) in [5.41, 5.74) is 1.45. The van der Waals surface area contributed by atoms with E-state index in [4.69, 9.17) is 4.98 Å². The Hall–Kier alpha value is -0.610. The Kier molecular flexibility index (Phi) is 4.75. The summed E-state index contributed by atoms with van der Waals surface area (Å²) in [6.45, 7) is 12.1. The molecule has 114 valence electrons. The van der Waals surface area contributed by atoms with Crippen LogP contribution in [0.4, 0.5) is 5.13 Å². The summed E-state index contributed by atoms with van der Waals surface area (Å²) in [5.74, 6) is 0.546. The van der Waals surface area contributed by atoms with Gasteiger partial charge in [-0.05, 0) is 46.0 Å². The molecular weight excluding hydrogens is 266 g/mol. The smallest absolute Gasteiger partial charge is 0.185 e. The monoisotopic (exact) mass is 295 g/mol. The number of nitrogens with one attached hydrogen (secondary N) is 1. The summed E-state index contributed by atoms with van der Waals surface area (Å²) < 4.78 is 0. The van der Waals surface area contributed by atoms with Crippen molar-refractivity contribution < 1.29 is 0 Å². The van der Waals surface area contributed by atoms with Crippen molar-refractivity contribution in [2.45, 2.75) is 77.9 Å². The van der Waals surface area contributed by atoms with Crippen molar-refractivity contribution in [1.29, 1.82) is 0 Å². The third-order valence-corrected chi connectivity index (χ3v) is 5.13. The third kappa shape index (κ3) is 3.95. The molecule has 1 unspecified atom stereocenters. The highest BCUT2D eigenvalue weighted by Crippen LogP contribution is 2.36. The maximum absolute atomic E-state index is 4.95. The number of aromatic nitrogens is 1. The number of rotatable bonds is 6. The zero-order valence-corrected chi connectivity index (χ0v) is 14.6. The predicted molar refractivity (Wildman–Crippen MR) is 88.8 cm³/mol. The van der Waals surface area contributed by atoms with E-state index >= 15 is 0 Å². The van der Waals surface area contributed by atoms with Crippen LogP contribution in [0.1, 0.15) is 70.4 Å². The van der Waals surface area contributed by atoms with Crippen LogP contribution in [0.15, 0.2) is 0 Å². The molecule has 1 aromatic heterocycles. The molecule has 1 N–H and O–H groups in total. The van der Waals surface area contributed by atoms with E-state index in [1.165, 1.54) is 28.5 Å². The Morgan fingerprint density at radius 2 is 2.05 bits per heavy atom. The summed E-state index contributed by atoms with van der Waals surface area (Å²) in [6, 6.07) is 0.731. The maximum atomic E-state index is 4.95. The van der Waals surface area contributed by atoms with Gasteiger partial charge < -0.3 is 10.2 Å². The maximum Gasteiger partial charge on any atom is 0.185 e. The van der Waals surface area contributed by atoms with Crippen molar-refractivity contribution in [3.05, 3.63) is 10.6 Å². The molecule has 1 saturated carbocycles. The van der Waals surface area contributed by atoms with Crippen LogP contribution in [0.3, 0.4) is 0 Å². The highest BCUT2D eigenvalue weighted by molar-refractivity contribution is 7.15. The Morgan fingerprint density at radius 3 is 2.55 bits per heavy atom. The lowest BCUT2D eigenvalue weighted by molar-refractivity contribution is 0.424. The molecule has 0 aromatic carbocycles. The van der Waals surface area contributed by atoms with Gasteiger partial charge in [0.15, 0.2) is 5.13 Å². The molecule has 0 aliphatic heterocycles. The third-order valence-electron chi connectivity index (χ3n) is 3.97. The van der Waals surface area contributed by atoms with Crippen LogP contribution >= 0.6 is 11.3 Å². The van der Waals surface area contributed by atoms with E-state index < -0.39 is 0 Å². The van der Waals surface area contributed by atoms with Crippen LogP contribution < -0.4 is 10.2 Å². The van der Waals surface area contributed by atoms with Gasteiger partial charge in [-0.15, -0.1) is 11.3 Å². The van der Waals surface area contributed by atoms with Crippen LogP contribution in [-0.2, 0) is 6.54 Å². The molecule has 0 bridgehead atoms. The normalized spacial score (nSPS) is 17.3. The first kappa shape index (κ1) is 15.8. The highest BCUT2D eigenvalue weighted by Gasteiger charge is 2.29. The predicted octanol–water partition coefficient (Wildman–Crippen LogP) is 4.14. The van der Waals surface area contributed by atoms with Crippen LogP contribution in [0.25, 0.3) is 0 Å². The molecule has 20 heavy (non-hydrogen) atoms. The quantitative estimate of drug-likeness (QED) is 0.855. The van der Waals surface area contributed by atoms with E-state index in [1.54, 1.807) is 0 Å². The summed E-state index contributed by atoms with van der Waals surface area (Å²) in [7, 11) is 2.19. The van der Waals surface area contributed by atoms with Crippen molar-refractivity contribution in [3.63, 3.8) is 0 Å². The van der Waals surface area contributed by atoms with Crippen LogP contribution in [0.5, 0.6) is 0 Å². The molecule has 1 atom stereocenters. The molecular formula is C16H29N3S. The Morgan fingerprint density at radius 1 is 1.40 bits per heavy atom. The first-order valence-electron chi connectivity index (χ1n) is 7.79. The van der Waals surface area contributed by atoms with Crippen molar-refractivity contribution >= 4 is 16.5 Å². The van der Waals surface area contributed by atoms with Crippen molar-refractivity contribution in [2.24, 2.45) is 0 Å². The minimum atomic E-state index is 0.152. The van der Waals surface area contributed by atoms with Gasteiger partial charge >= 0.3 is 0 Å². The van der Waals surface area contributed by atoms with Crippen LogP contribution in [0.2, 0.25) is 0 Å². The number of anilines is 1. The summed E-state index contributed by atoms with van der Waals surface area (Å²) in [6.07, 6.45) is 3.80. The fraction of sp³-hybridized carbons (Fsp3) is 0.812. The number of thiazole rings is 1. The first-order chi connectivity index (χ1) is 9.31. The van der Waals surface area contributed by atoms with E-state index in [1.807, 2.05) is 11.3 Å². The molecule has 4 heteroatoms. The number of nitrogens with zero attached hydrogens (tertiary/aromatic N) is 2. The second kappa shape index (κ2) is 6.02. The van der Waals surface area contributed by atoms with Gasteiger partial charge in [0.25, 0.3) is 0 Å². The molecule has 0 radical (unpaired) electrons. The van der Waals surface area contributed by atoms with Crippen LogP contribution in [-0.4, -0.2) is 23.6 Å². The zero-order chi connectivity index (χ0) is 14.9. The van der Waals surface area contributed by atoms with Gasteiger partial charge in [0.1, 0.15) is 0 Å². The lowest BCUT2D eigenvalue weighted by atomic mass is 10.0. The fourth-order valence-electron chi connectivity index (χ4n) is 2.17. The average Bonchev–Trinajstić information content (AvgIpc) is 3.13. The second-order valence-corrected chi connectivity index (χ2v) is 8.12. The van der Waals surface area contributed by atoms with E-state index in [0.717, 1.165) is 19.0 Å². The topological polar surface area (TPSA) is 28.2 Å². The molecule has 0 saturated heterocycles. The van der Waals surface area contributed by atoms with Gasteiger partial charge in [-0.2, -0.15) is 0 Å². The SMILES string of the molecule is CCC(C)c1nc(N(C)C2CC2)sc1CNC(C)(C)C. The molecule has 3 nitrogen and oxygen atoms in total. The zero-order valence-electron chi connectivity index (χ0n) is 13.8. The summed E-state index contributed by atoms with van der Waals surface area (Å²) >= 11 is 1.87. The molecule has 1 aliphatic carbocycles. The lowest BCUT2D eigenvalue weighted by Gasteiger charge is -2.20. The van der Waals surface area contributed by atoms with E-state index in [-0.39, 0.29) is 5.54 Å². The Balaban J connectivity index is 2.18. The van der Waals surface area contributed by atoms with Gasteiger partial charge in [-0.1, -0.05) is 13.8 Å². The van der Waals surface area contributed by atoms with Crippen molar-refractivity contribution in [2.75, 3.05) is 11.9 Å². The minimum Gasteiger partial charge on any atom is -0.348 e. The first-order valence-corrected chi connectivity index (χ1v) is 8.61. The Labute approximate surface area is 127 Å². The molecule has 1 aliphatic rings. The van der Waals surface area contributed by atoms with Crippen LogP contribution in [0, 0.1) is 0 Å². The van der Waals surface area contributed by atoms with Gasteiger partial charge in [-0.25, -0.2) is 4.98 Å². The van der Waals surface area contributed by atoms with E-state index in [2.05, 4.69) is 51.9 Å². The van der Waals surface area contributed by atoms with Gasteiger partial charge in [0, 0.05) is 30.1 Å². The van der Waals surface area contributed by atoms with Gasteiger partial charge in [0.05, 0.1) is 5.69 Å². The summed E-state index contributed by atoms with van der Waals surface area (Å²) in [4.78, 5) is 8.73. The second-order valence-electron chi connectivity index (χ2n) is 7.06. The van der Waals surface area contributed by atoms with Gasteiger partial charge in [0.2, 0.25) is 0 Å². The van der Waals surface area contributed by atoms with Crippen molar-refractivity contribution in [3.8, 4) is 0 Å². The van der Waals surface area contributed by atoms with E-state index in [9.17, 15) is 0 Å². The summed E-state index contributed by atoms with van der Waals surface area (Å²) in [5, 5.41) is 4.81. The molecule has 0 spiro atoms. The molecule has 2 rings (SSSR count). The molecule has 1 aromatic rings. The standard InChI is InChI=1S/C16H29N3S/c1-7-11(2)14-13(10-17-16(3,4)5)20-15(18-14)19(6)12-8-9-12/h11-12,17H,7-10H2,1-6H3. The number of hydrogen-bond donors (Lipinski definition) is 1. The lowest BCUT2D eigenvalue weighted by Crippen LogP contribution is -2.35. The number of hydrogen-bond acceptors (Lipinski definition) is 4. The molecule has 1 fully saturated rings. The molecule has 0 amide bonds. The minimum absolute atomic E-state index is 0.152. The average molecular weight is 295 g/mol. The fourth-order valence-corrected chi connectivity index (χ4v) is 3.32.